The second-order valence-corrected chi connectivity index (χ2v) is 7.96. The Morgan fingerprint density at radius 3 is 2.54 bits per heavy atom. The van der Waals surface area contributed by atoms with Crippen LogP contribution < -0.4 is 10.0 Å². The van der Waals surface area contributed by atoms with E-state index in [2.05, 4.69) is 10.0 Å². The maximum Gasteiger partial charge on any atom is 0.253 e. The number of carbonyl (C=O) groups excluding carboxylic acids is 1. The summed E-state index contributed by atoms with van der Waals surface area (Å²) in [5.74, 6) is -0.474. The van der Waals surface area contributed by atoms with Gasteiger partial charge in [0.1, 0.15) is 0 Å². The molecule has 1 heterocycles. The van der Waals surface area contributed by atoms with Crippen molar-refractivity contribution in [2.75, 3.05) is 17.9 Å². The van der Waals surface area contributed by atoms with Gasteiger partial charge >= 0.3 is 0 Å². The first kappa shape index (κ1) is 18.4. The highest BCUT2D eigenvalue weighted by atomic mass is 32.2. The highest BCUT2D eigenvalue weighted by Crippen LogP contribution is 2.19. The molecule has 138 valence electrons. The number of para-hydroxylation sites is 1. The lowest BCUT2D eigenvalue weighted by molar-refractivity contribution is 0.0858. The Balaban J connectivity index is 1.68. The molecule has 1 aliphatic heterocycles. The Bertz CT molecular complexity index is 847. The summed E-state index contributed by atoms with van der Waals surface area (Å²) < 4.78 is 32.9. The molecule has 0 bridgehead atoms. The van der Waals surface area contributed by atoms with E-state index < -0.39 is 10.0 Å². The minimum Gasteiger partial charge on any atom is -0.376 e. The normalized spacial score (nSPS) is 17.0. The molecular weight excluding hydrogens is 352 g/mol. The van der Waals surface area contributed by atoms with Crippen LogP contribution in [-0.4, -0.2) is 33.6 Å². The molecular formula is C19H22N2O4S. The third-order valence-corrected chi connectivity index (χ3v) is 5.40. The molecule has 0 spiro atoms. The summed E-state index contributed by atoms with van der Waals surface area (Å²) in [5, 5.41) is 2.82. The molecule has 1 fully saturated rings. The van der Waals surface area contributed by atoms with Crippen molar-refractivity contribution in [3.05, 3.63) is 65.7 Å². The van der Waals surface area contributed by atoms with Crippen molar-refractivity contribution in [1.29, 1.82) is 0 Å². The summed E-state index contributed by atoms with van der Waals surface area (Å²) >= 11 is 0. The number of hydrogen-bond donors (Lipinski definition) is 2. The summed E-state index contributed by atoms with van der Waals surface area (Å²) in [7, 11) is -3.63. The van der Waals surface area contributed by atoms with Crippen LogP contribution >= 0.6 is 0 Å². The van der Waals surface area contributed by atoms with Crippen molar-refractivity contribution in [3.8, 4) is 0 Å². The van der Waals surface area contributed by atoms with Crippen molar-refractivity contribution < 1.29 is 17.9 Å². The maximum absolute atomic E-state index is 12.5. The Labute approximate surface area is 153 Å². The van der Waals surface area contributed by atoms with Crippen LogP contribution in [0.1, 0.15) is 28.8 Å². The molecule has 1 amide bonds. The molecule has 2 aromatic carbocycles. The fourth-order valence-electron chi connectivity index (χ4n) is 2.87. The number of nitrogens with one attached hydrogen (secondary N) is 2. The number of benzene rings is 2. The molecule has 0 aliphatic carbocycles. The van der Waals surface area contributed by atoms with Gasteiger partial charge in [-0.1, -0.05) is 42.5 Å². The van der Waals surface area contributed by atoms with Gasteiger partial charge in [0.05, 0.1) is 23.1 Å². The van der Waals surface area contributed by atoms with Gasteiger partial charge in [-0.05, 0) is 30.5 Å². The first-order chi connectivity index (χ1) is 12.5. The summed E-state index contributed by atoms with van der Waals surface area (Å²) in [6.45, 7) is 1.14. The molecule has 6 nitrogen and oxygen atoms in total. The van der Waals surface area contributed by atoms with E-state index in [1.165, 1.54) is 0 Å². The van der Waals surface area contributed by atoms with Crippen LogP contribution in [0, 0.1) is 0 Å². The number of hydrogen-bond acceptors (Lipinski definition) is 4. The predicted octanol–water partition coefficient (Wildman–Crippen LogP) is 2.54. The van der Waals surface area contributed by atoms with Gasteiger partial charge in [0.25, 0.3) is 5.91 Å². The molecule has 0 aromatic heterocycles. The minimum absolute atomic E-state index is 0.0286. The molecule has 0 saturated carbocycles. The molecule has 0 radical (unpaired) electrons. The molecule has 1 saturated heterocycles. The third kappa shape index (κ3) is 5.06. The van der Waals surface area contributed by atoms with Crippen molar-refractivity contribution >= 4 is 21.6 Å². The first-order valence-corrected chi connectivity index (χ1v) is 10.2. The quantitative estimate of drug-likeness (QED) is 0.780. The summed E-state index contributed by atoms with van der Waals surface area (Å²) in [6.07, 6.45) is 1.95. The highest BCUT2D eigenvalue weighted by Gasteiger charge is 2.20. The third-order valence-electron chi connectivity index (χ3n) is 4.15. The monoisotopic (exact) mass is 374 g/mol. The van der Waals surface area contributed by atoms with Gasteiger partial charge < -0.3 is 10.1 Å². The Morgan fingerprint density at radius 2 is 1.81 bits per heavy atom. The van der Waals surface area contributed by atoms with Crippen LogP contribution in [0.25, 0.3) is 0 Å². The van der Waals surface area contributed by atoms with Crippen LogP contribution in [0.5, 0.6) is 0 Å². The molecule has 7 heteroatoms. The van der Waals surface area contributed by atoms with Gasteiger partial charge in [-0.25, -0.2) is 8.42 Å². The smallest absolute Gasteiger partial charge is 0.253 e. The van der Waals surface area contributed by atoms with Crippen LogP contribution in [0.4, 0.5) is 5.69 Å². The molecule has 26 heavy (non-hydrogen) atoms. The number of rotatable bonds is 7. The van der Waals surface area contributed by atoms with Crippen molar-refractivity contribution in [3.63, 3.8) is 0 Å². The van der Waals surface area contributed by atoms with Gasteiger partial charge in [-0.2, -0.15) is 0 Å². The van der Waals surface area contributed by atoms with Crippen LogP contribution in [0.2, 0.25) is 0 Å². The highest BCUT2D eigenvalue weighted by molar-refractivity contribution is 7.91. The van der Waals surface area contributed by atoms with E-state index in [1.807, 2.05) is 6.07 Å². The standard InChI is InChI=1S/C19H22N2O4S/c22-19(20-13-16-9-6-12-25-16)17-10-4-5-11-18(17)21-26(23,24)14-15-7-2-1-3-8-15/h1-5,7-8,10-11,16,21H,6,9,12-14H2,(H,20,22). The van der Waals surface area contributed by atoms with Crippen LogP contribution in [-0.2, 0) is 20.5 Å². The molecule has 2 N–H and O–H groups in total. The second-order valence-electron chi connectivity index (χ2n) is 6.24. The molecule has 1 atom stereocenters. The largest absolute Gasteiger partial charge is 0.376 e. The Morgan fingerprint density at radius 1 is 1.08 bits per heavy atom. The number of amides is 1. The predicted molar refractivity (Wildman–Crippen MR) is 100 cm³/mol. The van der Waals surface area contributed by atoms with E-state index in [1.54, 1.807) is 48.5 Å². The van der Waals surface area contributed by atoms with Gasteiger partial charge in [0, 0.05) is 13.2 Å². The number of carbonyl (C=O) groups is 1. The van der Waals surface area contributed by atoms with Gasteiger partial charge in [-0.3, -0.25) is 9.52 Å². The number of anilines is 1. The first-order valence-electron chi connectivity index (χ1n) is 8.57. The summed E-state index contributed by atoms with van der Waals surface area (Å²) in [4.78, 5) is 12.5. The van der Waals surface area contributed by atoms with E-state index in [-0.39, 0.29) is 23.5 Å². The second kappa shape index (κ2) is 8.33. The van der Waals surface area contributed by atoms with Crippen LogP contribution in [0.3, 0.4) is 0 Å². The molecule has 1 unspecified atom stereocenters. The van der Waals surface area contributed by atoms with Gasteiger partial charge in [0.2, 0.25) is 10.0 Å². The molecule has 1 aliphatic rings. The number of sulfonamides is 1. The van der Waals surface area contributed by atoms with Crippen molar-refractivity contribution in [1.82, 2.24) is 5.32 Å². The topological polar surface area (TPSA) is 84.5 Å². The lowest BCUT2D eigenvalue weighted by Gasteiger charge is -2.14. The zero-order chi connectivity index (χ0) is 18.4. The van der Waals surface area contributed by atoms with E-state index in [9.17, 15) is 13.2 Å². The average molecular weight is 374 g/mol. The van der Waals surface area contributed by atoms with E-state index in [0.29, 0.717) is 17.7 Å². The summed E-state index contributed by atoms with van der Waals surface area (Å²) in [5.41, 5.74) is 1.25. The zero-order valence-corrected chi connectivity index (χ0v) is 15.2. The van der Waals surface area contributed by atoms with E-state index in [4.69, 9.17) is 4.74 Å². The van der Waals surface area contributed by atoms with E-state index >= 15 is 0 Å². The lowest BCUT2D eigenvalue weighted by Crippen LogP contribution is -2.32. The van der Waals surface area contributed by atoms with Crippen molar-refractivity contribution in [2.24, 2.45) is 0 Å². The van der Waals surface area contributed by atoms with Crippen LogP contribution in [0.15, 0.2) is 54.6 Å². The minimum atomic E-state index is -3.63. The molecule has 3 rings (SSSR count). The zero-order valence-electron chi connectivity index (χ0n) is 14.4. The Kier molecular flexibility index (Phi) is 5.90. The van der Waals surface area contributed by atoms with E-state index in [0.717, 1.165) is 19.4 Å². The number of ether oxygens (including phenoxy) is 1. The average Bonchev–Trinajstić information content (AvgIpc) is 3.14. The Hall–Kier alpha value is -2.38. The maximum atomic E-state index is 12.5. The fraction of sp³-hybridized carbons (Fsp3) is 0.316. The fourth-order valence-corrected chi connectivity index (χ4v) is 4.09. The SMILES string of the molecule is O=C(NCC1CCCO1)c1ccccc1NS(=O)(=O)Cc1ccccc1. The molecule has 2 aromatic rings. The van der Waals surface area contributed by atoms with Gasteiger partial charge in [-0.15, -0.1) is 0 Å². The summed E-state index contributed by atoms with van der Waals surface area (Å²) in [6, 6.07) is 15.5. The lowest BCUT2D eigenvalue weighted by atomic mass is 10.1. The van der Waals surface area contributed by atoms with Crippen molar-refractivity contribution in [2.45, 2.75) is 24.7 Å². The van der Waals surface area contributed by atoms with Gasteiger partial charge in [0.15, 0.2) is 0 Å².